The van der Waals surface area contributed by atoms with Crippen LogP contribution < -0.4 is 11.1 Å². The average Bonchev–Trinajstić information content (AvgIpc) is 2.63. The Kier molecular flexibility index (Phi) is 3.46. The van der Waals surface area contributed by atoms with E-state index in [1.165, 1.54) is 11.8 Å². The fraction of sp³-hybridized carbons (Fsp3) is 0.300. The third-order valence-corrected chi connectivity index (χ3v) is 3.87. The molecule has 1 saturated heterocycles. The summed E-state index contributed by atoms with van der Waals surface area (Å²) < 4.78 is 5.01. The largest absolute Gasteiger partial charge is 0.443 e. The molecule has 0 saturated carbocycles. The standard InChI is InChI=1S/C10H11ClN2O2S/c11-7-2-1-3-8(12)9(7)16-5-6-4-13-10(14)15-6/h1-3,6H,4-5,12H2,(H,13,14). The first kappa shape index (κ1) is 11.4. The van der Waals surface area contributed by atoms with E-state index >= 15 is 0 Å². The number of thioether (sulfide) groups is 1. The highest BCUT2D eigenvalue weighted by molar-refractivity contribution is 7.99. The maximum atomic E-state index is 10.8. The normalized spacial score (nSPS) is 19.3. The molecule has 3 N–H and O–H groups in total. The number of nitrogens with two attached hydrogens (primary N) is 1. The summed E-state index contributed by atoms with van der Waals surface area (Å²) in [6.07, 6.45) is -0.481. The Balaban J connectivity index is 1.97. The van der Waals surface area contributed by atoms with Gasteiger partial charge in [0.1, 0.15) is 6.10 Å². The number of carbonyl (C=O) groups excluding carboxylic acids is 1. The lowest BCUT2D eigenvalue weighted by atomic mass is 10.3. The van der Waals surface area contributed by atoms with Crippen LogP contribution in [0.4, 0.5) is 10.5 Å². The summed E-state index contributed by atoms with van der Waals surface area (Å²) in [5.74, 6) is 0.646. The quantitative estimate of drug-likeness (QED) is 0.644. The Labute approximate surface area is 102 Å². The maximum absolute atomic E-state index is 10.8. The van der Waals surface area contributed by atoms with Gasteiger partial charge in [-0.1, -0.05) is 17.7 Å². The molecule has 0 spiro atoms. The van der Waals surface area contributed by atoms with Crippen molar-refractivity contribution in [3.05, 3.63) is 23.2 Å². The molecule has 4 nitrogen and oxygen atoms in total. The Bertz CT molecular complexity index is 394. The molecule has 1 heterocycles. The third kappa shape index (κ3) is 2.54. The summed E-state index contributed by atoms with van der Waals surface area (Å²) in [5, 5.41) is 3.22. The van der Waals surface area contributed by atoms with E-state index < -0.39 is 0 Å². The van der Waals surface area contributed by atoms with Crippen LogP contribution in [-0.4, -0.2) is 24.5 Å². The Morgan fingerprint density at radius 2 is 2.44 bits per heavy atom. The SMILES string of the molecule is Nc1cccc(Cl)c1SCC1CNC(=O)O1. The number of ether oxygens (including phenoxy) is 1. The second-order valence-electron chi connectivity index (χ2n) is 3.38. The molecule has 86 valence electrons. The van der Waals surface area contributed by atoms with E-state index in [9.17, 15) is 4.79 Å². The van der Waals surface area contributed by atoms with Crippen LogP contribution in [0.1, 0.15) is 0 Å². The van der Waals surface area contributed by atoms with E-state index in [4.69, 9.17) is 22.1 Å². The van der Waals surface area contributed by atoms with Crippen molar-refractivity contribution in [2.24, 2.45) is 0 Å². The lowest BCUT2D eigenvalue weighted by molar-refractivity contribution is 0.150. The molecule has 6 heteroatoms. The molecule has 0 aliphatic carbocycles. The average molecular weight is 259 g/mol. The third-order valence-electron chi connectivity index (χ3n) is 2.16. The molecule has 0 bridgehead atoms. The van der Waals surface area contributed by atoms with Crippen LogP contribution in [0.25, 0.3) is 0 Å². The minimum Gasteiger partial charge on any atom is -0.443 e. The van der Waals surface area contributed by atoms with E-state index in [0.717, 1.165) is 4.90 Å². The number of nitrogen functional groups attached to an aromatic ring is 1. The number of amides is 1. The van der Waals surface area contributed by atoms with Crippen LogP contribution >= 0.6 is 23.4 Å². The lowest BCUT2D eigenvalue weighted by Gasteiger charge is -2.10. The highest BCUT2D eigenvalue weighted by Crippen LogP contribution is 2.33. The van der Waals surface area contributed by atoms with Crippen molar-refractivity contribution >= 4 is 35.1 Å². The van der Waals surface area contributed by atoms with E-state index in [1.54, 1.807) is 18.2 Å². The van der Waals surface area contributed by atoms with E-state index in [0.29, 0.717) is 23.0 Å². The first-order valence-electron chi connectivity index (χ1n) is 4.78. The summed E-state index contributed by atoms with van der Waals surface area (Å²) in [6.45, 7) is 0.538. The van der Waals surface area contributed by atoms with E-state index in [2.05, 4.69) is 5.32 Å². The van der Waals surface area contributed by atoms with Crippen molar-refractivity contribution in [2.75, 3.05) is 18.0 Å². The summed E-state index contributed by atoms with van der Waals surface area (Å²) >= 11 is 7.52. The molecular weight excluding hydrogens is 248 g/mol. The van der Waals surface area contributed by atoms with Crippen molar-refractivity contribution < 1.29 is 9.53 Å². The van der Waals surface area contributed by atoms with Crippen molar-refractivity contribution in [1.29, 1.82) is 0 Å². The van der Waals surface area contributed by atoms with Gasteiger partial charge in [-0.2, -0.15) is 0 Å². The number of hydrogen-bond acceptors (Lipinski definition) is 4. The molecule has 0 radical (unpaired) electrons. The van der Waals surface area contributed by atoms with Gasteiger partial charge in [0.2, 0.25) is 0 Å². The van der Waals surface area contributed by atoms with Gasteiger partial charge in [-0.3, -0.25) is 0 Å². The van der Waals surface area contributed by atoms with Crippen LogP contribution in [0.3, 0.4) is 0 Å². The van der Waals surface area contributed by atoms with Crippen molar-refractivity contribution in [3.63, 3.8) is 0 Å². The molecular formula is C10H11ClN2O2S. The molecule has 2 rings (SSSR count). The van der Waals surface area contributed by atoms with Crippen LogP contribution in [0.5, 0.6) is 0 Å². The first-order chi connectivity index (χ1) is 7.66. The zero-order valence-corrected chi connectivity index (χ0v) is 9.98. The molecule has 1 atom stereocenters. The van der Waals surface area contributed by atoms with Crippen LogP contribution in [0.2, 0.25) is 5.02 Å². The summed E-state index contributed by atoms with van der Waals surface area (Å²) in [6, 6.07) is 5.39. The molecule has 1 aliphatic rings. The minimum atomic E-state index is -0.363. The van der Waals surface area contributed by atoms with Gasteiger partial charge in [0.05, 0.1) is 11.6 Å². The number of cyclic esters (lactones) is 1. The van der Waals surface area contributed by atoms with Gasteiger partial charge in [-0.15, -0.1) is 11.8 Å². The summed E-state index contributed by atoms with van der Waals surface area (Å²) in [5.41, 5.74) is 6.45. The van der Waals surface area contributed by atoms with E-state index in [-0.39, 0.29) is 12.2 Å². The van der Waals surface area contributed by atoms with Gasteiger partial charge >= 0.3 is 6.09 Å². The molecule has 0 aromatic heterocycles. The zero-order chi connectivity index (χ0) is 11.5. The number of alkyl carbamates (subject to hydrolysis) is 1. The monoisotopic (exact) mass is 258 g/mol. The van der Waals surface area contributed by atoms with Gasteiger partial charge in [0.25, 0.3) is 0 Å². The predicted molar refractivity (Wildman–Crippen MR) is 64.9 cm³/mol. The number of rotatable bonds is 3. The first-order valence-corrected chi connectivity index (χ1v) is 6.14. The molecule has 1 unspecified atom stereocenters. The Morgan fingerprint density at radius 3 is 3.06 bits per heavy atom. The number of anilines is 1. The minimum absolute atomic E-state index is 0.117. The molecule has 1 amide bonds. The molecule has 1 aromatic rings. The fourth-order valence-corrected chi connectivity index (χ4v) is 2.70. The molecule has 1 aromatic carbocycles. The molecule has 1 aliphatic heterocycles. The van der Waals surface area contributed by atoms with Gasteiger partial charge in [0.15, 0.2) is 0 Å². The zero-order valence-electron chi connectivity index (χ0n) is 8.40. The Morgan fingerprint density at radius 1 is 1.62 bits per heavy atom. The van der Waals surface area contributed by atoms with Gasteiger partial charge < -0.3 is 15.8 Å². The number of benzene rings is 1. The number of nitrogens with one attached hydrogen (secondary N) is 1. The summed E-state index contributed by atoms with van der Waals surface area (Å²) in [4.78, 5) is 11.6. The van der Waals surface area contributed by atoms with Crippen molar-refractivity contribution in [1.82, 2.24) is 5.32 Å². The highest BCUT2D eigenvalue weighted by atomic mass is 35.5. The van der Waals surface area contributed by atoms with E-state index in [1.807, 2.05) is 0 Å². The topological polar surface area (TPSA) is 64.3 Å². The van der Waals surface area contributed by atoms with Crippen LogP contribution in [0, 0.1) is 0 Å². The van der Waals surface area contributed by atoms with Crippen LogP contribution in [0.15, 0.2) is 23.1 Å². The fourth-order valence-electron chi connectivity index (χ4n) is 1.38. The Hall–Kier alpha value is -1.07. The van der Waals surface area contributed by atoms with Gasteiger partial charge in [0, 0.05) is 16.3 Å². The maximum Gasteiger partial charge on any atom is 0.407 e. The predicted octanol–water partition coefficient (Wildman–Crippen LogP) is 2.12. The van der Waals surface area contributed by atoms with Gasteiger partial charge in [-0.25, -0.2) is 4.79 Å². The van der Waals surface area contributed by atoms with Gasteiger partial charge in [-0.05, 0) is 12.1 Å². The van der Waals surface area contributed by atoms with Crippen molar-refractivity contribution in [2.45, 2.75) is 11.0 Å². The lowest BCUT2D eigenvalue weighted by Crippen LogP contribution is -2.16. The number of carbonyl (C=O) groups is 1. The second kappa shape index (κ2) is 4.84. The molecule has 16 heavy (non-hydrogen) atoms. The number of hydrogen-bond donors (Lipinski definition) is 2. The van der Waals surface area contributed by atoms with Crippen LogP contribution in [-0.2, 0) is 4.74 Å². The second-order valence-corrected chi connectivity index (χ2v) is 4.81. The smallest absolute Gasteiger partial charge is 0.407 e. The number of halogens is 1. The summed E-state index contributed by atoms with van der Waals surface area (Å²) in [7, 11) is 0. The molecule has 1 fully saturated rings. The van der Waals surface area contributed by atoms with Crippen molar-refractivity contribution in [3.8, 4) is 0 Å². The highest BCUT2D eigenvalue weighted by Gasteiger charge is 2.22.